The van der Waals surface area contributed by atoms with Gasteiger partial charge in [0.25, 0.3) is 11.8 Å². The molecule has 2 aromatic carbocycles. The fourth-order valence-corrected chi connectivity index (χ4v) is 2.66. The van der Waals surface area contributed by atoms with Gasteiger partial charge in [-0.05, 0) is 43.7 Å². The third kappa shape index (κ3) is 6.81. The van der Waals surface area contributed by atoms with Gasteiger partial charge >= 0.3 is 6.03 Å². The highest BCUT2D eigenvalue weighted by atomic mass is 19.1. The number of nitrogens with one attached hydrogen (secondary N) is 4. The molecule has 0 bridgehead atoms. The Morgan fingerprint density at radius 1 is 0.964 bits per heavy atom. The molecule has 2 rings (SSSR count). The molecule has 1 atom stereocenters. The summed E-state index contributed by atoms with van der Waals surface area (Å²) in [5, 5.41) is 7.43. The maximum absolute atomic E-state index is 13.1. The molecule has 7 nitrogen and oxygen atoms in total. The van der Waals surface area contributed by atoms with Crippen molar-refractivity contribution < 1.29 is 23.7 Å². The molecular formula is C20H24FN4O3+. The van der Waals surface area contributed by atoms with Crippen LogP contribution in [-0.2, 0) is 9.59 Å². The fourth-order valence-electron chi connectivity index (χ4n) is 2.66. The van der Waals surface area contributed by atoms with Gasteiger partial charge in [0.05, 0.1) is 7.05 Å². The standard InChI is InChI=1S/C20H23FN4O3/c1-13-7-8-17(14(2)9-13)23-20(28)24-19(27)12-25(3)11-18(26)22-16-6-4-5-15(21)10-16/h4-10H,11-12H2,1-3H3,(H,22,26)(H2,23,24,27,28)/p+1. The maximum Gasteiger partial charge on any atom is 0.326 e. The second-order valence-corrected chi connectivity index (χ2v) is 6.69. The van der Waals surface area contributed by atoms with Gasteiger partial charge in [0.15, 0.2) is 13.1 Å². The highest BCUT2D eigenvalue weighted by Gasteiger charge is 2.16. The average molecular weight is 387 g/mol. The molecule has 148 valence electrons. The molecular weight excluding hydrogens is 363 g/mol. The summed E-state index contributed by atoms with van der Waals surface area (Å²) in [4.78, 5) is 36.5. The van der Waals surface area contributed by atoms with E-state index >= 15 is 0 Å². The zero-order chi connectivity index (χ0) is 20.7. The molecule has 0 aliphatic carbocycles. The predicted molar refractivity (Wildman–Crippen MR) is 105 cm³/mol. The number of quaternary nitrogens is 1. The number of halogens is 1. The van der Waals surface area contributed by atoms with E-state index in [4.69, 9.17) is 0 Å². The SMILES string of the molecule is Cc1ccc(NC(=O)NC(=O)C[NH+](C)CC(=O)Nc2cccc(F)c2)c(C)c1. The molecule has 28 heavy (non-hydrogen) atoms. The summed E-state index contributed by atoms with van der Waals surface area (Å²) in [5.41, 5.74) is 2.92. The zero-order valence-electron chi connectivity index (χ0n) is 16.1. The van der Waals surface area contributed by atoms with Gasteiger partial charge in [0, 0.05) is 11.4 Å². The molecule has 0 radical (unpaired) electrons. The second kappa shape index (κ2) is 9.61. The molecule has 0 aliphatic heterocycles. The van der Waals surface area contributed by atoms with Crippen molar-refractivity contribution in [2.75, 3.05) is 30.8 Å². The number of urea groups is 1. The van der Waals surface area contributed by atoms with E-state index in [1.165, 1.54) is 18.2 Å². The smallest absolute Gasteiger partial charge is 0.322 e. The Kier molecular flexibility index (Phi) is 7.22. The number of carbonyl (C=O) groups is 3. The molecule has 0 fully saturated rings. The lowest BCUT2D eigenvalue weighted by atomic mass is 10.1. The third-order valence-corrected chi connectivity index (χ3v) is 3.92. The van der Waals surface area contributed by atoms with Gasteiger partial charge < -0.3 is 15.5 Å². The van der Waals surface area contributed by atoms with Crippen LogP contribution in [0.5, 0.6) is 0 Å². The topological polar surface area (TPSA) is 91.7 Å². The van der Waals surface area contributed by atoms with Crippen molar-refractivity contribution in [1.29, 1.82) is 0 Å². The van der Waals surface area contributed by atoms with Gasteiger partial charge in [0.1, 0.15) is 5.82 Å². The Morgan fingerprint density at radius 2 is 1.68 bits per heavy atom. The Labute approximate surface area is 162 Å². The number of benzene rings is 2. The average Bonchev–Trinajstić information content (AvgIpc) is 2.56. The van der Waals surface area contributed by atoms with E-state index in [0.29, 0.717) is 16.3 Å². The van der Waals surface area contributed by atoms with E-state index in [1.54, 1.807) is 19.2 Å². The highest BCUT2D eigenvalue weighted by Crippen LogP contribution is 2.15. The van der Waals surface area contributed by atoms with Crippen molar-refractivity contribution in [3.8, 4) is 0 Å². The van der Waals surface area contributed by atoms with E-state index in [9.17, 15) is 18.8 Å². The fraction of sp³-hybridized carbons (Fsp3) is 0.250. The Morgan fingerprint density at radius 3 is 2.36 bits per heavy atom. The van der Waals surface area contributed by atoms with Crippen LogP contribution in [0.15, 0.2) is 42.5 Å². The van der Waals surface area contributed by atoms with Crippen molar-refractivity contribution in [2.45, 2.75) is 13.8 Å². The van der Waals surface area contributed by atoms with E-state index in [-0.39, 0.29) is 19.0 Å². The molecule has 4 N–H and O–H groups in total. The molecule has 1 unspecified atom stereocenters. The number of aryl methyl sites for hydroxylation is 2. The quantitative estimate of drug-likeness (QED) is 0.601. The first kappa shape index (κ1) is 21.0. The summed E-state index contributed by atoms with van der Waals surface area (Å²) in [6, 6.07) is 10.5. The van der Waals surface area contributed by atoms with Crippen LogP contribution in [0.2, 0.25) is 0 Å². The summed E-state index contributed by atoms with van der Waals surface area (Å²) in [5.74, 6) is -1.33. The van der Waals surface area contributed by atoms with E-state index < -0.39 is 17.8 Å². The Balaban J connectivity index is 1.78. The predicted octanol–water partition coefficient (Wildman–Crippen LogP) is 1.24. The summed E-state index contributed by atoms with van der Waals surface area (Å²) in [6.07, 6.45) is 0. The second-order valence-electron chi connectivity index (χ2n) is 6.69. The van der Waals surface area contributed by atoms with Crippen LogP contribution in [0, 0.1) is 19.7 Å². The molecule has 0 aliphatic rings. The number of carbonyl (C=O) groups excluding carboxylic acids is 3. The minimum Gasteiger partial charge on any atom is -0.322 e. The zero-order valence-corrected chi connectivity index (χ0v) is 16.1. The lowest BCUT2D eigenvalue weighted by Gasteiger charge is -2.14. The molecule has 2 aromatic rings. The summed E-state index contributed by atoms with van der Waals surface area (Å²) >= 11 is 0. The molecule has 8 heteroatoms. The lowest BCUT2D eigenvalue weighted by Crippen LogP contribution is -3.11. The van der Waals surface area contributed by atoms with Crippen molar-refractivity contribution in [3.63, 3.8) is 0 Å². The number of amides is 4. The number of hydrogen-bond acceptors (Lipinski definition) is 3. The first-order valence-corrected chi connectivity index (χ1v) is 8.77. The van der Waals surface area contributed by atoms with Crippen molar-refractivity contribution >= 4 is 29.2 Å². The van der Waals surface area contributed by atoms with Crippen LogP contribution in [0.4, 0.5) is 20.6 Å². The van der Waals surface area contributed by atoms with Crippen molar-refractivity contribution in [3.05, 3.63) is 59.4 Å². The van der Waals surface area contributed by atoms with Crippen LogP contribution in [-0.4, -0.2) is 38.0 Å². The summed E-state index contributed by atoms with van der Waals surface area (Å²) in [7, 11) is 1.65. The normalized spacial score (nSPS) is 11.4. The van der Waals surface area contributed by atoms with Gasteiger partial charge in [0.2, 0.25) is 0 Å². The minimum absolute atomic E-state index is 0.0113. The van der Waals surface area contributed by atoms with Gasteiger partial charge in [-0.2, -0.15) is 0 Å². The number of imide groups is 1. The lowest BCUT2D eigenvalue weighted by molar-refractivity contribution is -0.862. The number of anilines is 2. The maximum atomic E-state index is 13.1. The molecule has 4 amide bonds. The van der Waals surface area contributed by atoms with Crippen LogP contribution < -0.4 is 20.9 Å². The number of rotatable bonds is 6. The van der Waals surface area contributed by atoms with Crippen LogP contribution in [0.25, 0.3) is 0 Å². The van der Waals surface area contributed by atoms with Crippen LogP contribution in [0.1, 0.15) is 11.1 Å². The number of hydrogen-bond donors (Lipinski definition) is 4. The van der Waals surface area contributed by atoms with Crippen molar-refractivity contribution in [1.82, 2.24) is 5.32 Å². The largest absolute Gasteiger partial charge is 0.326 e. The van der Waals surface area contributed by atoms with E-state index in [2.05, 4.69) is 16.0 Å². The monoisotopic (exact) mass is 387 g/mol. The first-order chi connectivity index (χ1) is 13.2. The first-order valence-electron chi connectivity index (χ1n) is 8.77. The molecule has 0 aromatic heterocycles. The highest BCUT2D eigenvalue weighted by molar-refractivity contribution is 6.01. The van der Waals surface area contributed by atoms with E-state index in [1.807, 2.05) is 26.0 Å². The molecule has 0 spiro atoms. The Hall–Kier alpha value is -3.26. The van der Waals surface area contributed by atoms with Gasteiger partial charge in [-0.15, -0.1) is 0 Å². The van der Waals surface area contributed by atoms with Gasteiger partial charge in [-0.25, -0.2) is 9.18 Å². The van der Waals surface area contributed by atoms with E-state index in [0.717, 1.165) is 11.1 Å². The van der Waals surface area contributed by atoms with Gasteiger partial charge in [-0.3, -0.25) is 14.9 Å². The molecule has 0 heterocycles. The summed E-state index contributed by atoms with van der Waals surface area (Å²) < 4.78 is 13.1. The summed E-state index contributed by atoms with van der Waals surface area (Å²) in [6.45, 7) is 3.72. The third-order valence-electron chi connectivity index (χ3n) is 3.92. The Bertz CT molecular complexity index is 886. The van der Waals surface area contributed by atoms with Crippen LogP contribution in [0.3, 0.4) is 0 Å². The molecule has 0 saturated carbocycles. The van der Waals surface area contributed by atoms with Gasteiger partial charge in [-0.1, -0.05) is 23.8 Å². The molecule has 0 saturated heterocycles. The van der Waals surface area contributed by atoms with Crippen LogP contribution >= 0.6 is 0 Å². The number of likely N-dealkylation sites (N-methyl/N-ethyl adjacent to an activating group) is 1. The minimum atomic E-state index is -0.631. The van der Waals surface area contributed by atoms with Crippen molar-refractivity contribution in [2.24, 2.45) is 0 Å².